The average molecular weight is 319 g/mol. The smallest absolute Gasteiger partial charge is 0.421 e. The molecule has 2 bridgehead atoms. The lowest BCUT2D eigenvalue weighted by atomic mass is 10.00. The SMILES string of the molecule is CCCN(C1CC2CCC(C1)N2)S(=O)(=O)NC(=O)OCC. The minimum Gasteiger partial charge on any atom is -0.449 e. The van der Waals surface area contributed by atoms with E-state index >= 15 is 0 Å². The molecule has 2 aliphatic heterocycles. The number of piperidine rings is 1. The fourth-order valence-corrected chi connectivity index (χ4v) is 4.68. The Kier molecular flexibility index (Phi) is 5.45. The number of nitrogens with zero attached hydrogens (tertiary/aromatic N) is 1. The summed E-state index contributed by atoms with van der Waals surface area (Å²) < 4.78 is 33.0. The summed E-state index contributed by atoms with van der Waals surface area (Å²) in [5.74, 6) is 0. The van der Waals surface area contributed by atoms with Crippen LogP contribution >= 0.6 is 0 Å². The maximum absolute atomic E-state index is 12.4. The van der Waals surface area contributed by atoms with Gasteiger partial charge in [0.05, 0.1) is 6.61 Å². The summed E-state index contributed by atoms with van der Waals surface area (Å²) in [6, 6.07) is 0.743. The lowest BCUT2D eigenvalue weighted by Crippen LogP contribution is -2.54. The van der Waals surface area contributed by atoms with Crippen molar-refractivity contribution < 1.29 is 17.9 Å². The molecule has 0 spiro atoms. The number of hydrogen-bond donors (Lipinski definition) is 2. The van der Waals surface area contributed by atoms with Gasteiger partial charge in [0.2, 0.25) is 0 Å². The summed E-state index contributed by atoms with van der Waals surface area (Å²) in [7, 11) is -3.84. The van der Waals surface area contributed by atoms with Crippen LogP contribution in [0.25, 0.3) is 0 Å². The third kappa shape index (κ3) is 4.08. The highest BCUT2D eigenvalue weighted by atomic mass is 32.2. The maximum atomic E-state index is 12.4. The second-order valence-electron chi connectivity index (χ2n) is 5.70. The van der Waals surface area contributed by atoms with E-state index in [0.29, 0.717) is 25.0 Å². The van der Waals surface area contributed by atoms with Crippen molar-refractivity contribution in [3.05, 3.63) is 0 Å². The molecule has 2 rings (SSSR count). The van der Waals surface area contributed by atoms with Gasteiger partial charge in [0.1, 0.15) is 0 Å². The molecule has 0 radical (unpaired) electrons. The van der Waals surface area contributed by atoms with Gasteiger partial charge in [-0.3, -0.25) is 0 Å². The molecule has 2 heterocycles. The van der Waals surface area contributed by atoms with Crippen LogP contribution in [0.15, 0.2) is 0 Å². The van der Waals surface area contributed by atoms with Crippen molar-refractivity contribution in [3.8, 4) is 0 Å². The molecule has 1 amide bonds. The fourth-order valence-electron chi connectivity index (χ4n) is 3.31. The van der Waals surface area contributed by atoms with Gasteiger partial charge in [-0.2, -0.15) is 12.7 Å². The van der Waals surface area contributed by atoms with E-state index in [1.54, 1.807) is 6.92 Å². The zero-order chi connectivity index (χ0) is 15.5. The summed E-state index contributed by atoms with van der Waals surface area (Å²) in [6.07, 6.45) is 3.62. The Balaban J connectivity index is 2.08. The Morgan fingerprint density at radius 2 is 1.90 bits per heavy atom. The van der Waals surface area contributed by atoms with Gasteiger partial charge in [-0.1, -0.05) is 6.92 Å². The Morgan fingerprint density at radius 1 is 1.29 bits per heavy atom. The monoisotopic (exact) mass is 319 g/mol. The van der Waals surface area contributed by atoms with Crippen LogP contribution in [0.4, 0.5) is 4.79 Å². The first-order chi connectivity index (χ1) is 9.96. The highest BCUT2D eigenvalue weighted by Gasteiger charge is 2.40. The summed E-state index contributed by atoms with van der Waals surface area (Å²) in [5, 5.41) is 3.50. The van der Waals surface area contributed by atoms with Crippen LogP contribution in [0, 0.1) is 0 Å². The lowest BCUT2D eigenvalue weighted by molar-refractivity contribution is 0.157. The zero-order valence-corrected chi connectivity index (χ0v) is 13.5. The first kappa shape index (κ1) is 16.5. The summed E-state index contributed by atoms with van der Waals surface area (Å²) in [5.41, 5.74) is 0. The maximum Gasteiger partial charge on any atom is 0.421 e. The number of carbonyl (C=O) groups is 1. The number of carbonyl (C=O) groups excluding carboxylic acids is 1. The van der Waals surface area contributed by atoms with Crippen LogP contribution in [0.2, 0.25) is 0 Å². The predicted molar refractivity (Wildman–Crippen MR) is 79.0 cm³/mol. The third-order valence-corrected chi connectivity index (χ3v) is 5.62. The molecule has 7 nitrogen and oxygen atoms in total. The van der Waals surface area contributed by atoms with Gasteiger partial charge in [-0.05, 0) is 39.0 Å². The number of fused-ring (bicyclic) bond motifs is 2. The standard InChI is InChI=1S/C13H25N3O4S/c1-3-7-16(21(18,19)15-13(17)20-4-2)12-8-10-5-6-11(9-12)14-10/h10-12,14H,3-9H2,1-2H3,(H,15,17). The molecule has 0 aliphatic carbocycles. The molecule has 0 aromatic heterocycles. The van der Waals surface area contributed by atoms with Crippen LogP contribution in [-0.2, 0) is 14.9 Å². The molecule has 2 fully saturated rings. The van der Waals surface area contributed by atoms with E-state index in [0.717, 1.165) is 25.7 Å². The third-order valence-electron chi connectivity index (χ3n) is 4.10. The highest BCUT2D eigenvalue weighted by Crippen LogP contribution is 2.30. The van der Waals surface area contributed by atoms with Crippen molar-refractivity contribution in [1.82, 2.24) is 14.3 Å². The van der Waals surface area contributed by atoms with Crippen LogP contribution in [-0.4, -0.2) is 50.1 Å². The number of rotatable bonds is 6. The molecule has 2 atom stereocenters. The van der Waals surface area contributed by atoms with E-state index in [1.165, 1.54) is 4.31 Å². The van der Waals surface area contributed by atoms with Crippen LogP contribution in [0.3, 0.4) is 0 Å². The first-order valence-corrected chi connectivity index (χ1v) is 9.12. The topological polar surface area (TPSA) is 87.7 Å². The number of hydrogen-bond acceptors (Lipinski definition) is 5. The number of nitrogens with one attached hydrogen (secondary N) is 2. The largest absolute Gasteiger partial charge is 0.449 e. The number of ether oxygens (including phenoxy) is 1. The summed E-state index contributed by atoms with van der Waals surface area (Å²) >= 11 is 0. The van der Waals surface area contributed by atoms with Crippen LogP contribution < -0.4 is 10.0 Å². The summed E-state index contributed by atoms with van der Waals surface area (Å²) in [6.45, 7) is 4.13. The van der Waals surface area contributed by atoms with E-state index < -0.39 is 16.3 Å². The van der Waals surface area contributed by atoms with Crippen molar-refractivity contribution in [3.63, 3.8) is 0 Å². The normalized spacial score (nSPS) is 28.6. The molecule has 0 aromatic rings. The molecule has 8 heteroatoms. The van der Waals surface area contributed by atoms with E-state index in [2.05, 4.69) is 10.1 Å². The molecule has 2 saturated heterocycles. The van der Waals surface area contributed by atoms with E-state index in [4.69, 9.17) is 0 Å². The Labute approximate surface area is 126 Å². The molecule has 2 aliphatic rings. The predicted octanol–water partition coefficient (Wildman–Crippen LogP) is 0.972. The van der Waals surface area contributed by atoms with Gasteiger partial charge < -0.3 is 10.1 Å². The molecule has 21 heavy (non-hydrogen) atoms. The molecular weight excluding hydrogens is 294 g/mol. The molecule has 0 aromatic carbocycles. The average Bonchev–Trinajstić information content (AvgIpc) is 2.74. The van der Waals surface area contributed by atoms with E-state index in [-0.39, 0.29) is 12.6 Å². The van der Waals surface area contributed by atoms with Crippen molar-refractivity contribution >= 4 is 16.3 Å². The van der Waals surface area contributed by atoms with Gasteiger partial charge >= 0.3 is 16.3 Å². The Bertz CT molecular complexity index is 456. The van der Waals surface area contributed by atoms with Gasteiger partial charge in [-0.15, -0.1) is 0 Å². The molecular formula is C13H25N3O4S. The molecule has 2 unspecified atom stereocenters. The lowest BCUT2D eigenvalue weighted by Gasteiger charge is -2.36. The van der Waals surface area contributed by atoms with Crippen LogP contribution in [0.1, 0.15) is 46.0 Å². The number of amides is 1. The highest BCUT2D eigenvalue weighted by molar-refractivity contribution is 7.87. The molecule has 0 saturated carbocycles. The zero-order valence-electron chi connectivity index (χ0n) is 12.7. The molecule has 2 N–H and O–H groups in total. The quantitative estimate of drug-likeness (QED) is 0.762. The summed E-state index contributed by atoms with van der Waals surface area (Å²) in [4.78, 5) is 11.4. The van der Waals surface area contributed by atoms with Crippen molar-refractivity contribution in [2.24, 2.45) is 0 Å². The Morgan fingerprint density at radius 3 is 2.43 bits per heavy atom. The Hall–Kier alpha value is -0.860. The van der Waals surface area contributed by atoms with Crippen LogP contribution in [0.5, 0.6) is 0 Å². The first-order valence-electron chi connectivity index (χ1n) is 7.68. The minimum absolute atomic E-state index is 0.0457. The fraction of sp³-hybridized carbons (Fsp3) is 0.923. The van der Waals surface area contributed by atoms with E-state index in [1.807, 2.05) is 11.6 Å². The second kappa shape index (κ2) is 6.93. The van der Waals surface area contributed by atoms with E-state index in [9.17, 15) is 13.2 Å². The van der Waals surface area contributed by atoms with Gasteiger partial charge in [-0.25, -0.2) is 9.52 Å². The van der Waals surface area contributed by atoms with Crippen molar-refractivity contribution in [2.75, 3.05) is 13.2 Å². The molecule has 122 valence electrons. The van der Waals surface area contributed by atoms with Crippen molar-refractivity contribution in [2.45, 2.75) is 64.1 Å². The van der Waals surface area contributed by atoms with Gasteiger partial charge in [0, 0.05) is 24.7 Å². The minimum atomic E-state index is -3.84. The van der Waals surface area contributed by atoms with Gasteiger partial charge in [0.15, 0.2) is 0 Å². The van der Waals surface area contributed by atoms with Gasteiger partial charge in [0.25, 0.3) is 0 Å². The second-order valence-corrected chi connectivity index (χ2v) is 7.32. The van der Waals surface area contributed by atoms with Crippen molar-refractivity contribution in [1.29, 1.82) is 0 Å².